The van der Waals surface area contributed by atoms with Crippen LogP contribution in [0.3, 0.4) is 0 Å². The number of amides is 1. The highest BCUT2D eigenvalue weighted by molar-refractivity contribution is 6.29. The molecule has 1 heterocycles. The summed E-state index contributed by atoms with van der Waals surface area (Å²) in [5.74, 6) is 0.954. The summed E-state index contributed by atoms with van der Waals surface area (Å²) >= 11 is 5.66. The molecule has 0 radical (unpaired) electrons. The molecule has 1 N–H and O–H groups in total. The molecular formula is C14H13ClN2O3. The summed E-state index contributed by atoms with van der Waals surface area (Å²) < 4.78 is 10.4. The van der Waals surface area contributed by atoms with E-state index in [2.05, 4.69) is 10.3 Å². The lowest BCUT2D eigenvalue weighted by atomic mass is 10.3. The fourth-order valence-corrected chi connectivity index (χ4v) is 1.60. The first-order chi connectivity index (χ1) is 9.67. The molecule has 5 nitrogen and oxygen atoms in total. The Kier molecular flexibility index (Phi) is 4.79. The van der Waals surface area contributed by atoms with E-state index in [9.17, 15) is 4.79 Å². The van der Waals surface area contributed by atoms with E-state index in [4.69, 9.17) is 21.1 Å². The molecule has 0 bridgehead atoms. The summed E-state index contributed by atoms with van der Waals surface area (Å²) in [5.41, 5.74) is 0.564. The smallest absolute Gasteiger partial charge is 0.262 e. The van der Waals surface area contributed by atoms with E-state index >= 15 is 0 Å². The van der Waals surface area contributed by atoms with Crippen LogP contribution >= 0.6 is 11.6 Å². The topological polar surface area (TPSA) is 60.5 Å². The SMILES string of the molecule is COc1cccc(OCC(=O)Nc2ccc(Cl)nc2)c1. The Balaban J connectivity index is 1.87. The normalized spacial score (nSPS) is 9.90. The third-order valence-corrected chi connectivity index (χ3v) is 2.65. The predicted octanol–water partition coefficient (Wildman–Crippen LogP) is 2.76. The van der Waals surface area contributed by atoms with Crippen molar-refractivity contribution in [2.45, 2.75) is 0 Å². The van der Waals surface area contributed by atoms with E-state index in [1.54, 1.807) is 43.5 Å². The highest BCUT2D eigenvalue weighted by atomic mass is 35.5. The molecule has 104 valence electrons. The van der Waals surface area contributed by atoms with Crippen LogP contribution < -0.4 is 14.8 Å². The molecule has 0 aliphatic heterocycles. The van der Waals surface area contributed by atoms with Crippen LogP contribution in [0.5, 0.6) is 11.5 Å². The predicted molar refractivity (Wildman–Crippen MR) is 76.4 cm³/mol. The number of carbonyl (C=O) groups is 1. The number of rotatable bonds is 5. The van der Waals surface area contributed by atoms with Crippen LogP contribution in [-0.4, -0.2) is 24.6 Å². The van der Waals surface area contributed by atoms with Crippen molar-refractivity contribution in [3.63, 3.8) is 0 Å². The van der Waals surface area contributed by atoms with E-state index in [0.29, 0.717) is 22.3 Å². The molecule has 0 atom stereocenters. The third-order valence-electron chi connectivity index (χ3n) is 2.42. The van der Waals surface area contributed by atoms with E-state index in [1.165, 1.54) is 6.20 Å². The Bertz CT molecular complexity index is 587. The molecule has 0 saturated heterocycles. The summed E-state index contributed by atoms with van der Waals surface area (Å²) in [7, 11) is 1.57. The first-order valence-electron chi connectivity index (χ1n) is 5.85. The van der Waals surface area contributed by atoms with Gasteiger partial charge in [-0.05, 0) is 24.3 Å². The van der Waals surface area contributed by atoms with Crippen molar-refractivity contribution in [2.24, 2.45) is 0 Å². The number of halogens is 1. The van der Waals surface area contributed by atoms with Gasteiger partial charge in [-0.3, -0.25) is 4.79 Å². The van der Waals surface area contributed by atoms with Gasteiger partial charge < -0.3 is 14.8 Å². The van der Waals surface area contributed by atoms with E-state index in [0.717, 1.165) is 0 Å². The van der Waals surface area contributed by atoms with Gasteiger partial charge in [0.1, 0.15) is 16.7 Å². The Hall–Kier alpha value is -2.27. The van der Waals surface area contributed by atoms with Gasteiger partial charge >= 0.3 is 0 Å². The number of methoxy groups -OCH3 is 1. The minimum atomic E-state index is -0.281. The number of nitrogens with one attached hydrogen (secondary N) is 1. The van der Waals surface area contributed by atoms with Crippen LogP contribution in [0.4, 0.5) is 5.69 Å². The summed E-state index contributed by atoms with van der Waals surface area (Å²) in [6, 6.07) is 10.3. The second-order valence-corrected chi connectivity index (χ2v) is 4.27. The van der Waals surface area contributed by atoms with E-state index < -0.39 is 0 Å². The van der Waals surface area contributed by atoms with Gasteiger partial charge in [0.25, 0.3) is 5.91 Å². The van der Waals surface area contributed by atoms with Crippen LogP contribution in [0.1, 0.15) is 0 Å². The molecule has 1 amide bonds. The molecule has 20 heavy (non-hydrogen) atoms. The molecule has 0 aliphatic rings. The van der Waals surface area contributed by atoms with Crippen molar-refractivity contribution in [3.8, 4) is 11.5 Å². The number of ether oxygens (including phenoxy) is 2. The maximum Gasteiger partial charge on any atom is 0.262 e. The lowest BCUT2D eigenvalue weighted by Crippen LogP contribution is -2.20. The van der Waals surface area contributed by atoms with Gasteiger partial charge in [0.15, 0.2) is 6.61 Å². The molecular weight excluding hydrogens is 280 g/mol. The summed E-state index contributed by atoms with van der Waals surface area (Å²) in [6.45, 7) is -0.101. The molecule has 6 heteroatoms. The highest BCUT2D eigenvalue weighted by Crippen LogP contribution is 2.18. The molecule has 2 rings (SSSR count). The van der Waals surface area contributed by atoms with Crippen molar-refractivity contribution in [1.29, 1.82) is 0 Å². The van der Waals surface area contributed by atoms with Gasteiger partial charge in [0, 0.05) is 6.07 Å². The number of hydrogen-bond acceptors (Lipinski definition) is 4. The molecule has 0 spiro atoms. The van der Waals surface area contributed by atoms with Crippen molar-refractivity contribution in [3.05, 3.63) is 47.7 Å². The molecule has 0 saturated carbocycles. The Morgan fingerprint density at radius 2 is 2.10 bits per heavy atom. The second-order valence-electron chi connectivity index (χ2n) is 3.89. The number of hydrogen-bond donors (Lipinski definition) is 1. The Morgan fingerprint density at radius 3 is 2.80 bits per heavy atom. The Morgan fingerprint density at radius 1 is 1.30 bits per heavy atom. The van der Waals surface area contributed by atoms with E-state index in [-0.39, 0.29) is 12.5 Å². The first kappa shape index (κ1) is 14.1. The number of pyridine rings is 1. The zero-order chi connectivity index (χ0) is 14.4. The average molecular weight is 293 g/mol. The second kappa shape index (κ2) is 6.77. The lowest BCUT2D eigenvalue weighted by Gasteiger charge is -2.08. The minimum absolute atomic E-state index is 0.101. The van der Waals surface area contributed by atoms with Gasteiger partial charge in [0.05, 0.1) is 19.0 Å². The number of anilines is 1. The van der Waals surface area contributed by atoms with Crippen molar-refractivity contribution in [2.75, 3.05) is 19.0 Å². The maximum absolute atomic E-state index is 11.7. The zero-order valence-corrected chi connectivity index (χ0v) is 11.6. The van der Waals surface area contributed by atoms with E-state index in [1.807, 2.05) is 0 Å². The summed E-state index contributed by atoms with van der Waals surface area (Å²) in [4.78, 5) is 15.6. The van der Waals surface area contributed by atoms with Crippen LogP contribution in [0.25, 0.3) is 0 Å². The van der Waals surface area contributed by atoms with Crippen LogP contribution in [0.15, 0.2) is 42.6 Å². The minimum Gasteiger partial charge on any atom is -0.497 e. The van der Waals surface area contributed by atoms with Gasteiger partial charge in [-0.25, -0.2) is 4.98 Å². The largest absolute Gasteiger partial charge is 0.497 e. The monoisotopic (exact) mass is 292 g/mol. The fourth-order valence-electron chi connectivity index (χ4n) is 1.49. The van der Waals surface area contributed by atoms with Gasteiger partial charge in [-0.1, -0.05) is 17.7 Å². The lowest BCUT2D eigenvalue weighted by molar-refractivity contribution is -0.118. The van der Waals surface area contributed by atoms with Gasteiger partial charge in [-0.2, -0.15) is 0 Å². The average Bonchev–Trinajstić information content (AvgIpc) is 2.48. The highest BCUT2D eigenvalue weighted by Gasteiger charge is 2.04. The van der Waals surface area contributed by atoms with Crippen LogP contribution in [0, 0.1) is 0 Å². The number of carbonyl (C=O) groups excluding carboxylic acids is 1. The van der Waals surface area contributed by atoms with Crippen molar-refractivity contribution in [1.82, 2.24) is 4.98 Å². The molecule has 1 aromatic carbocycles. The van der Waals surface area contributed by atoms with Gasteiger partial charge in [0.2, 0.25) is 0 Å². The van der Waals surface area contributed by atoms with Crippen LogP contribution in [0.2, 0.25) is 5.15 Å². The quantitative estimate of drug-likeness (QED) is 0.861. The Labute approximate surface area is 121 Å². The number of benzene rings is 1. The summed E-state index contributed by atoms with van der Waals surface area (Å²) in [5, 5.41) is 3.02. The molecule has 2 aromatic rings. The van der Waals surface area contributed by atoms with Gasteiger partial charge in [-0.15, -0.1) is 0 Å². The molecule has 0 unspecified atom stereocenters. The third kappa shape index (κ3) is 4.13. The van der Waals surface area contributed by atoms with Crippen molar-refractivity contribution < 1.29 is 14.3 Å². The van der Waals surface area contributed by atoms with Crippen LogP contribution in [-0.2, 0) is 4.79 Å². The molecule has 0 aliphatic carbocycles. The molecule has 0 fully saturated rings. The first-order valence-corrected chi connectivity index (χ1v) is 6.23. The number of nitrogens with zero attached hydrogens (tertiary/aromatic N) is 1. The van der Waals surface area contributed by atoms with Crippen molar-refractivity contribution >= 4 is 23.2 Å². The standard InChI is InChI=1S/C14H13ClN2O3/c1-19-11-3-2-4-12(7-11)20-9-14(18)17-10-5-6-13(15)16-8-10/h2-8H,9H2,1H3,(H,17,18). The maximum atomic E-state index is 11.7. The zero-order valence-electron chi connectivity index (χ0n) is 10.8. The fraction of sp³-hybridized carbons (Fsp3) is 0.143. The number of aromatic nitrogens is 1. The summed E-state index contributed by atoms with van der Waals surface area (Å²) in [6.07, 6.45) is 1.48. The molecule has 1 aromatic heterocycles.